The van der Waals surface area contributed by atoms with Gasteiger partial charge in [0.1, 0.15) is 18.4 Å². The molecule has 0 bridgehead atoms. The standard InChI is InChI=1S/C15H21ClN2O4/c1-11(15(20)21)18(3)10-14(19)17(2)8-9-22-13-6-4-12(16)5-7-13/h4-7,11H,8-10H2,1-3H3,(H,20,21). The summed E-state index contributed by atoms with van der Waals surface area (Å²) in [6.45, 7) is 2.35. The van der Waals surface area contributed by atoms with Crippen molar-refractivity contribution in [2.75, 3.05) is 33.8 Å². The van der Waals surface area contributed by atoms with Gasteiger partial charge in [-0.2, -0.15) is 0 Å². The molecule has 1 rings (SSSR count). The van der Waals surface area contributed by atoms with Gasteiger partial charge in [0.15, 0.2) is 0 Å². The molecule has 0 aliphatic heterocycles. The molecule has 0 spiro atoms. The highest BCUT2D eigenvalue weighted by Crippen LogP contribution is 2.15. The van der Waals surface area contributed by atoms with E-state index >= 15 is 0 Å². The molecule has 0 aliphatic rings. The zero-order valence-corrected chi connectivity index (χ0v) is 13.7. The number of carbonyl (C=O) groups is 2. The molecule has 0 radical (unpaired) electrons. The molecule has 1 aromatic carbocycles. The fourth-order valence-corrected chi connectivity index (χ4v) is 1.74. The highest BCUT2D eigenvalue weighted by Gasteiger charge is 2.20. The molecule has 22 heavy (non-hydrogen) atoms. The van der Waals surface area contributed by atoms with Gasteiger partial charge in [0, 0.05) is 12.1 Å². The molecule has 1 amide bonds. The number of carbonyl (C=O) groups excluding carboxylic acids is 1. The van der Waals surface area contributed by atoms with E-state index in [9.17, 15) is 9.59 Å². The molecule has 122 valence electrons. The molecule has 0 aliphatic carbocycles. The van der Waals surface area contributed by atoms with Crippen LogP contribution in [0.2, 0.25) is 5.02 Å². The van der Waals surface area contributed by atoms with Crippen LogP contribution in [0.4, 0.5) is 0 Å². The summed E-state index contributed by atoms with van der Waals surface area (Å²) in [5.41, 5.74) is 0. The van der Waals surface area contributed by atoms with E-state index in [-0.39, 0.29) is 12.5 Å². The third-order valence-corrected chi connectivity index (χ3v) is 3.59. The molecule has 1 atom stereocenters. The number of carboxylic acids is 1. The van der Waals surface area contributed by atoms with Crippen molar-refractivity contribution in [3.8, 4) is 5.75 Å². The Bertz CT molecular complexity index is 507. The summed E-state index contributed by atoms with van der Waals surface area (Å²) in [7, 11) is 3.27. The molecule has 1 aromatic rings. The Morgan fingerprint density at radius 2 is 1.86 bits per heavy atom. The van der Waals surface area contributed by atoms with Gasteiger partial charge in [-0.05, 0) is 38.2 Å². The van der Waals surface area contributed by atoms with Crippen LogP contribution in [-0.2, 0) is 9.59 Å². The van der Waals surface area contributed by atoms with Gasteiger partial charge in [0.05, 0.1) is 13.1 Å². The maximum atomic E-state index is 12.0. The minimum absolute atomic E-state index is 0.0465. The number of carboxylic acid groups (broad SMARTS) is 1. The number of hydrogen-bond acceptors (Lipinski definition) is 4. The summed E-state index contributed by atoms with van der Waals surface area (Å²) < 4.78 is 5.51. The quantitative estimate of drug-likeness (QED) is 0.784. The first-order valence-corrected chi connectivity index (χ1v) is 7.24. The Kier molecular flexibility index (Phi) is 7.14. The smallest absolute Gasteiger partial charge is 0.320 e. The summed E-state index contributed by atoms with van der Waals surface area (Å²) in [6, 6.07) is 6.27. The van der Waals surface area contributed by atoms with E-state index in [0.717, 1.165) is 0 Å². The average molecular weight is 329 g/mol. The second-order valence-electron chi connectivity index (χ2n) is 5.05. The number of aliphatic carboxylic acids is 1. The Labute approximate surface area is 135 Å². The summed E-state index contributed by atoms with van der Waals surface area (Å²) in [4.78, 5) is 25.8. The molecule has 6 nitrogen and oxygen atoms in total. The first kappa shape index (κ1) is 18.3. The van der Waals surface area contributed by atoms with Crippen LogP contribution in [0.1, 0.15) is 6.92 Å². The highest BCUT2D eigenvalue weighted by atomic mass is 35.5. The van der Waals surface area contributed by atoms with Crippen LogP contribution < -0.4 is 4.74 Å². The van der Waals surface area contributed by atoms with Crippen molar-refractivity contribution in [3.63, 3.8) is 0 Å². The van der Waals surface area contributed by atoms with Crippen LogP contribution in [0.15, 0.2) is 24.3 Å². The first-order chi connectivity index (χ1) is 10.3. The number of likely N-dealkylation sites (N-methyl/N-ethyl adjacent to an activating group) is 2. The van der Waals surface area contributed by atoms with Gasteiger partial charge >= 0.3 is 5.97 Å². The second-order valence-corrected chi connectivity index (χ2v) is 5.48. The molecule has 0 heterocycles. The number of nitrogens with zero attached hydrogens (tertiary/aromatic N) is 2. The average Bonchev–Trinajstić information content (AvgIpc) is 2.48. The van der Waals surface area contributed by atoms with E-state index in [0.29, 0.717) is 23.9 Å². The van der Waals surface area contributed by atoms with Crippen molar-refractivity contribution in [1.82, 2.24) is 9.80 Å². The van der Waals surface area contributed by atoms with Crippen LogP contribution >= 0.6 is 11.6 Å². The highest BCUT2D eigenvalue weighted by molar-refractivity contribution is 6.30. The number of hydrogen-bond donors (Lipinski definition) is 1. The van der Waals surface area contributed by atoms with Gasteiger partial charge in [0.2, 0.25) is 5.91 Å². The van der Waals surface area contributed by atoms with Gasteiger partial charge in [-0.15, -0.1) is 0 Å². The first-order valence-electron chi connectivity index (χ1n) is 6.86. The summed E-state index contributed by atoms with van der Waals surface area (Å²) >= 11 is 5.78. The molecule has 0 fully saturated rings. The molecule has 1 unspecified atom stereocenters. The Balaban J connectivity index is 2.35. The lowest BCUT2D eigenvalue weighted by Gasteiger charge is -2.24. The fourth-order valence-electron chi connectivity index (χ4n) is 1.62. The predicted molar refractivity (Wildman–Crippen MR) is 84.3 cm³/mol. The van der Waals surface area contributed by atoms with Crippen molar-refractivity contribution < 1.29 is 19.4 Å². The lowest BCUT2D eigenvalue weighted by Crippen LogP contribution is -2.44. The van der Waals surface area contributed by atoms with Crippen LogP contribution in [0.5, 0.6) is 5.75 Å². The SMILES string of the molecule is CC(C(=O)O)N(C)CC(=O)N(C)CCOc1ccc(Cl)cc1. The molecule has 0 saturated carbocycles. The molecule has 1 N–H and O–H groups in total. The molecular formula is C15H21ClN2O4. The normalized spacial score (nSPS) is 12.0. The lowest BCUT2D eigenvalue weighted by atomic mass is 10.3. The number of rotatable bonds is 8. The number of benzene rings is 1. The van der Waals surface area contributed by atoms with Crippen molar-refractivity contribution >= 4 is 23.5 Å². The molecule has 7 heteroatoms. The van der Waals surface area contributed by atoms with Gasteiger partial charge in [-0.25, -0.2) is 0 Å². The van der Waals surface area contributed by atoms with Gasteiger partial charge in [-0.3, -0.25) is 14.5 Å². The molecular weight excluding hydrogens is 308 g/mol. The topological polar surface area (TPSA) is 70.1 Å². The second kappa shape index (κ2) is 8.60. The molecule has 0 aromatic heterocycles. The van der Waals surface area contributed by atoms with Crippen molar-refractivity contribution in [3.05, 3.63) is 29.3 Å². The van der Waals surface area contributed by atoms with Crippen molar-refractivity contribution in [1.29, 1.82) is 0 Å². The zero-order chi connectivity index (χ0) is 16.7. The monoisotopic (exact) mass is 328 g/mol. The van der Waals surface area contributed by atoms with Crippen LogP contribution in [0.25, 0.3) is 0 Å². The van der Waals surface area contributed by atoms with Crippen LogP contribution in [0.3, 0.4) is 0 Å². The minimum atomic E-state index is -0.955. The van der Waals surface area contributed by atoms with E-state index < -0.39 is 12.0 Å². The van der Waals surface area contributed by atoms with Crippen molar-refractivity contribution in [2.45, 2.75) is 13.0 Å². The predicted octanol–water partition coefficient (Wildman–Crippen LogP) is 1.58. The Hall–Kier alpha value is -1.79. The number of ether oxygens (including phenoxy) is 1. The lowest BCUT2D eigenvalue weighted by molar-refractivity contribution is -0.143. The van der Waals surface area contributed by atoms with E-state index in [1.165, 1.54) is 9.80 Å². The van der Waals surface area contributed by atoms with E-state index in [1.54, 1.807) is 45.3 Å². The maximum absolute atomic E-state index is 12.0. The van der Waals surface area contributed by atoms with E-state index in [2.05, 4.69) is 0 Å². The van der Waals surface area contributed by atoms with Crippen LogP contribution in [0, 0.1) is 0 Å². The Morgan fingerprint density at radius 1 is 1.27 bits per heavy atom. The maximum Gasteiger partial charge on any atom is 0.320 e. The van der Waals surface area contributed by atoms with Crippen LogP contribution in [-0.4, -0.2) is 66.6 Å². The third kappa shape index (κ3) is 5.91. The molecule has 0 saturated heterocycles. The van der Waals surface area contributed by atoms with Gasteiger partial charge in [0.25, 0.3) is 0 Å². The zero-order valence-electron chi connectivity index (χ0n) is 13.0. The van der Waals surface area contributed by atoms with Gasteiger partial charge in [-0.1, -0.05) is 11.6 Å². The Morgan fingerprint density at radius 3 is 2.41 bits per heavy atom. The minimum Gasteiger partial charge on any atom is -0.492 e. The van der Waals surface area contributed by atoms with E-state index in [4.69, 9.17) is 21.4 Å². The van der Waals surface area contributed by atoms with Gasteiger partial charge < -0.3 is 14.7 Å². The summed E-state index contributed by atoms with van der Waals surface area (Å²) in [5, 5.41) is 9.53. The van der Waals surface area contributed by atoms with Crippen molar-refractivity contribution in [2.24, 2.45) is 0 Å². The van der Waals surface area contributed by atoms with E-state index in [1.807, 2.05) is 0 Å². The summed E-state index contributed by atoms with van der Waals surface area (Å²) in [6.07, 6.45) is 0. The largest absolute Gasteiger partial charge is 0.492 e. The number of amides is 1. The number of halogens is 1. The summed E-state index contributed by atoms with van der Waals surface area (Å²) in [5.74, 6) is -0.429. The fraction of sp³-hybridized carbons (Fsp3) is 0.467. The third-order valence-electron chi connectivity index (χ3n) is 3.34.